The van der Waals surface area contributed by atoms with E-state index < -0.39 is 60.3 Å². The first kappa shape index (κ1) is 42.6. The van der Waals surface area contributed by atoms with Gasteiger partial charge in [0, 0.05) is 42.4 Å². The van der Waals surface area contributed by atoms with Gasteiger partial charge in [-0.25, -0.2) is 18.2 Å². The minimum atomic E-state index is -1.31. The molecular weight excluding hydrogens is 752 g/mol. The SMILES string of the molecule is CC[C@H](NC(=O)[C@H](C)NC)C(=O)N1C[C@@H](F)C[C@H]1Cc1c(-c2nc3cc(F)ccc3n2C[C@@H]2C[C@H](F)CN2C(=O)[C@@H](NC(=O)[C@H](C)NC)C(C)C)[nH]c2ccccc12. The molecule has 4 aromatic rings. The highest BCUT2D eigenvalue weighted by molar-refractivity contribution is 5.93. The van der Waals surface area contributed by atoms with Crippen LogP contribution < -0.4 is 21.3 Å². The van der Waals surface area contributed by atoms with Crippen molar-refractivity contribution < 1.29 is 32.3 Å². The molecule has 2 aromatic carbocycles. The zero-order valence-corrected chi connectivity index (χ0v) is 34.2. The third kappa shape index (κ3) is 8.72. The number of rotatable bonds is 15. The van der Waals surface area contributed by atoms with E-state index in [0.717, 1.165) is 16.5 Å². The van der Waals surface area contributed by atoms with E-state index in [1.165, 1.54) is 21.9 Å². The predicted molar refractivity (Wildman–Crippen MR) is 217 cm³/mol. The lowest BCUT2D eigenvalue weighted by atomic mass is 9.99. The Kier molecular flexibility index (Phi) is 13.2. The average Bonchev–Trinajstić information content (AvgIpc) is 3.97. The predicted octanol–water partition coefficient (Wildman–Crippen LogP) is 4.00. The number of para-hydroxylation sites is 1. The van der Waals surface area contributed by atoms with Crippen LogP contribution in [0.1, 0.15) is 59.4 Å². The molecule has 0 saturated carbocycles. The van der Waals surface area contributed by atoms with Crippen LogP contribution in [0.5, 0.6) is 0 Å². The fourth-order valence-corrected chi connectivity index (χ4v) is 8.22. The lowest BCUT2D eigenvalue weighted by molar-refractivity contribution is -0.139. The summed E-state index contributed by atoms with van der Waals surface area (Å²) in [6.45, 7) is 8.66. The van der Waals surface area contributed by atoms with Crippen molar-refractivity contribution in [2.24, 2.45) is 5.92 Å². The number of imidazole rings is 1. The fraction of sp³-hybridized carbons (Fsp3) is 0.548. The number of aromatic nitrogens is 3. The highest BCUT2D eigenvalue weighted by Crippen LogP contribution is 2.37. The zero-order valence-electron chi connectivity index (χ0n) is 34.2. The van der Waals surface area contributed by atoms with E-state index in [2.05, 4.69) is 26.3 Å². The standard InChI is InChI=1S/C42H56F3N9O4/c1-8-32(50-39(55)23(4)46-6)41(57)52-19-26(44)15-28(52)18-31-30-11-9-10-12-33(30)48-37(31)38-49-34-17-25(43)13-14-35(34)54(38)21-29-16-27(45)20-53(29)42(58)36(22(2)3)51-40(56)24(5)47-7/h9-14,17,22-24,26-29,32,36,46-48H,8,15-16,18-21H2,1-7H3,(H,50,55)(H,51,56)/t23-,24-,26-,27-,28-,29-,32-,36-/m0/s1. The third-order valence-corrected chi connectivity index (χ3v) is 11.8. The van der Waals surface area contributed by atoms with E-state index in [4.69, 9.17) is 4.98 Å². The van der Waals surface area contributed by atoms with Gasteiger partial charge in [0.05, 0.1) is 47.9 Å². The minimum Gasteiger partial charge on any atom is -0.352 e. The molecule has 0 bridgehead atoms. The highest BCUT2D eigenvalue weighted by Gasteiger charge is 2.42. The summed E-state index contributed by atoms with van der Waals surface area (Å²) in [6, 6.07) is 7.82. The van der Waals surface area contributed by atoms with Crippen LogP contribution >= 0.6 is 0 Å². The summed E-state index contributed by atoms with van der Waals surface area (Å²) >= 11 is 0. The Hall–Kier alpha value is -4.96. The quantitative estimate of drug-likeness (QED) is 0.122. The first-order valence-corrected chi connectivity index (χ1v) is 20.3. The van der Waals surface area contributed by atoms with Crippen molar-refractivity contribution in [1.82, 2.24) is 45.6 Å². The molecule has 314 valence electrons. The number of likely N-dealkylation sites (tertiary alicyclic amines) is 2. The van der Waals surface area contributed by atoms with Gasteiger partial charge in [0.15, 0.2) is 5.82 Å². The molecule has 2 saturated heterocycles. The number of alkyl halides is 2. The van der Waals surface area contributed by atoms with Crippen molar-refractivity contribution in [2.75, 3.05) is 27.2 Å². The Morgan fingerprint density at radius 3 is 2.12 bits per heavy atom. The number of hydrogen-bond acceptors (Lipinski definition) is 7. The number of fused-ring (bicyclic) bond motifs is 2. The summed E-state index contributed by atoms with van der Waals surface area (Å²) < 4.78 is 47.4. The van der Waals surface area contributed by atoms with Crippen LogP contribution in [0.4, 0.5) is 13.2 Å². The largest absolute Gasteiger partial charge is 0.352 e. The third-order valence-electron chi connectivity index (χ3n) is 11.8. The van der Waals surface area contributed by atoms with Gasteiger partial charge in [0.2, 0.25) is 23.6 Å². The molecule has 5 N–H and O–H groups in total. The maximum Gasteiger partial charge on any atom is 0.245 e. The van der Waals surface area contributed by atoms with Gasteiger partial charge >= 0.3 is 0 Å². The van der Waals surface area contributed by atoms with Crippen molar-refractivity contribution in [3.05, 3.63) is 53.8 Å². The second kappa shape index (κ2) is 17.9. The lowest BCUT2D eigenvalue weighted by Gasteiger charge is -2.32. The van der Waals surface area contributed by atoms with Crippen LogP contribution in [0.2, 0.25) is 0 Å². The molecule has 0 aliphatic carbocycles. The molecule has 4 heterocycles. The highest BCUT2D eigenvalue weighted by atomic mass is 19.1. The number of amides is 4. The monoisotopic (exact) mass is 807 g/mol. The van der Waals surface area contributed by atoms with Crippen LogP contribution in [0.15, 0.2) is 42.5 Å². The molecule has 0 spiro atoms. The Balaban J connectivity index is 1.39. The number of halogens is 3. The number of benzene rings is 2. The molecule has 2 aromatic heterocycles. The van der Waals surface area contributed by atoms with E-state index in [1.807, 2.05) is 42.7 Å². The Bertz CT molecular complexity index is 2140. The number of likely N-dealkylation sites (N-methyl/N-ethyl adjacent to an activating group) is 2. The summed E-state index contributed by atoms with van der Waals surface area (Å²) in [5.41, 5.74) is 2.99. The number of H-pyrrole nitrogens is 1. The van der Waals surface area contributed by atoms with Crippen LogP contribution in [0.3, 0.4) is 0 Å². The smallest absolute Gasteiger partial charge is 0.245 e. The second-order valence-corrected chi connectivity index (χ2v) is 16.1. The Labute approximate surface area is 336 Å². The molecule has 2 aliphatic heterocycles. The van der Waals surface area contributed by atoms with Gasteiger partial charge in [0.1, 0.15) is 30.2 Å². The Morgan fingerprint density at radius 1 is 0.862 bits per heavy atom. The van der Waals surface area contributed by atoms with Crippen LogP contribution in [-0.4, -0.2) is 124 Å². The fourth-order valence-electron chi connectivity index (χ4n) is 8.22. The summed E-state index contributed by atoms with van der Waals surface area (Å²) in [5, 5.41) is 12.2. The molecule has 16 heteroatoms. The van der Waals surface area contributed by atoms with Crippen molar-refractivity contribution in [3.8, 4) is 11.5 Å². The van der Waals surface area contributed by atoms with Crippen molar-refractivity contribution in [2.45, 2.75) is 115 Å². The van der Waals surface area contributed by atoms with Gasteiger partial charge in [-0.2, -0.15) is 0 Å². The van der Waals surface area contributed by atoms with E-state index in [0.29, 0.717) is 29.0 Å². The first-order chi connectivity index (χ1) is 27.6. The normalized spacial score (nSPS) is 21.8. The second-order valence-electron chi connectivity index (χ2n) is 16.1. The Morgan fingerprint density at radius 2 is 1.48 bits per heavy atom. The number of nitrogens with one attached hydrogen (secondary N) is 5. The van der Waals surface area contributed by atoms with E-state index in [1.54, 1.807) is 40.9 Å². The van der Waals surface area contributed by atoms with Gasteiger partial charge < -0.3 is 40.6 Å². The average molecular weight is 808 g/mol. The molecule has 2 fully saturated rings. The number of aromatic amines is 1. The molecule has 13 nitrogen and oxygen atoms in total. The number of hydrogen-bond donors (Lipinski definition) is 5. The lowest BCUT2D eigenvalue weighted by Crippen LogP contribution is -2.55. The molecule has 4 amide bonds. The van der Waals surface area contributed by atoms with Gasteiger partial charge in [-0.15, -0.1) is 0 Å². The van der Waals surface area contributed by atoms with E-state index in [-0.39, 0.29) is 62.5 Å². The number of carbonyl (C=O) groups is 4. The van der Waals surface area contributed by atoms with E-state index >= 15 is 8.78 Å². The number of nitrogens with zero attached hydrogens (tertiary/aromatic N) is 4. The molecule has 6 rings (SSSR count). The van der Waals surface area contributed by atoms with Crippen LogP contribution in [-0.2, 0) is 32.1 Å². The van der Waals surface area contributed by atoms with E-state index in [9.17, 15) is 23.6 Å². The van der Waals surface area contributed by atoms with Gasteiger partial charge in [-0.1, -0.05) is 39.0 Å². The number of carbonyl (C=O) groups excluding carboxylic acids is 4. The summed E-state index contributed by atoms with van der Waals surface area (Å²) in [7, 11) is 3.30. The molecule has 8 atom stereocenters. The minimum absolute atomic E-state index is 0.0382. The van der Waals surface area contributed by atoms with Crippen molar-refractivity contribution in [1.29, 1.82) is 0 Å². The van der Waals surface area contributed by atoms with Crippen molar-refractivity contribution >= 4 is 45.6 Å². The molecular formula is C42H56F3N9O4. The van der Waals surface area contributed by atoms with Gasteiger partial charge in [-0.05, 0) is 70.5 Å². The molecule has 0 radical (unpaired) electrons. The summed E-state index contributed by atoms with van der Waals surface area (Å²) in [4.78, 5) is 65.3. The zero-order chi connectivity index (χ0) is 42.0. The summed E-state index contributed by atoms with van der Waals surface area (Å²) in [5.74, 6) is -1.81. The van der Waals surface area contributed by atoms with Gasteiger partial charge in [-0.3, -0.25) is 19.2 Å². The maximum absolute atomic E-state index is 15.4. The van der Waals surface area contributed by atoms with Crippen LogP contribution in [0, 0.1) is 11.7 Å². The topological polar surface area (TPSA) is 156 Å². The molecule has 2 aliphatic rings. The maximum atomic E-state index is 15.4. The van der Waals surface area contributed by atoms with Crippen LogP contribution in [0.25, 0.3) is 33.5 Å². The summed E-state index contributed by atoms with van der Waals surface area (Å²) in [6.07, 6.45) is -1.91. The molecule has 0 unspecified atom stereocenters. The van der Waals surface area contributed by atoms with Gasteiger partial charge in [0.25, 0.3) is 0 Å². The van der Waals surface area contributed by atoms with Crippen molar-refractivity contribution in [3.63, 3.8) is 0 Å². The molecule has 58 heavy (non-hydrogen) atoms. The first-order valence-electron chi connectivity index (χ1n) is 20.3.